The van der Waals surface area contributed by atoms with Crippen LogP contribution in [0.4, 0.5) is 4.39 Å². The fourth-order valence-corrected chi connectivity index (χ4v) is 2.94. The van der Waals surface area contributed by atoms with E-state index in [0.717, 1.165) is 25.9 Å². The van der Waals surface area contributed by atoms with Crippen molar-refractivity contribution in [2.24, 2.45) is 0 Å². The number of hydrogen-bond donors (Lipinski definition) is 1. The second kappa shape index (κ2) is 7.09. The standard InChI is InChI=1S/C17H21FN4O2/c1-11(17-19-12(2)21-24-17)22-9-7-15(8-10-22)20-16(23)13-3-5-14(18)6-4-13/h3-6,11,15H,7-10H2,1-2H3,(H,20,23). The normalized spacial score (nSPS) is 17.6. The van der Waals surface area contributed by atoms with Gasteiger partial charge >= 0.3 is 0 Å². The van der Waals surface area contributed by atoms with Crippen LogP contribution in [0, 0.1) is 12.7 Å². The highest BCUT2D eigenvalue weighted by Crippen LogP contribution is 2.23. The van der Waals surface area contributed by atoms with Crippen LogP contribution in [-0.4, -0.2) is 40.1 Å². The minimum Gasteiger partial charge on any atom is -0.349 e. The van der Waals surface area contributed by atoms with Gasteiger partial charge in [0.25, 0.3) is 5.91 Å². The van der Waals surface area contributed by atoms with E-state index in [9.17, 15) is 9.18 Å². The summed E-state index contributed by atoms with van der Waals surface area (Å²) in [5.41, 5.74) is 0.480. The molecule has 2 heterocycles. The molecule has 2 aromatic rings. The minimum atomic E-state index is -0.342. The highest BCUT2D eigenvalue weighted by molar-refractivity contribution is 5.94. The summed E-state index contributed by atoms with van der Waals surface area (Å²) in [5, 5.41) is 6.85. The maximum atomic E-state index is 12.9. The van der Waals surface area contributed by atoms with E-state index in [-0.39, 0.29) is 23.8 Å². The SMILES string of the molecule is Cc1noc(C(C)N2CCC(NC(=O)c3ccc(F)cc3)CC2)n1. The zero-order valence-corrected chi connectivity index (χ0v) is 13.8. The molecule has 1 unspecified atom stereocenters. The van der Waals surface area contributed by atoms with Gasteiger partial charge in [0.15, 0.2) is 5.82 Å². The van der Waals surface area contributed by atoms with Crippen LogP contribution in [0.3, 0.4) is 0 Å². The van der Waals surface area contributed by atoms with E-state index in [1.165, 1.54) is 24.3 Å². The average Bonchev–Trinajstić information content (AvgIpc) is 3.02. The Kier molecular flexibility index (Phi) is 4.89. The number of hydrogen-bond acceptors (Lipinski definition) is 5. The molecule has 0 saturated carbocycles. The largest absolute Gasteiger partial charge is 0.349 e. The summed E-state index contributed by atoms with van der Waals surface area (Å²) in [6.45, 7) is 5.54. The van der Waals surface area contributed by atoms with E-state index in [1.807, 2.05) is 6.92 Å². The van der Waals surface area contributed by atoms with E-state index < -0.39 is 0 Å². The van der Waals surface area contributed by atoms with Gasteiger partial charge in [0, 0.05) is 24.7 Å². The fraction of sp³-hybridized carbons (Fsp3) is 0.471. The number of benzene rings is 1. The Bertz CT molecular complexity index is 693. The first kappa shape index (κ1) is 16.6. The number of likely N-dealkylation sites (tertiary alicyclic amines) is 1. The van der Waals surface area contributed by atoms with Crippen molar-refractivity contribution in [3.05, 3.63) is 47.4 Å². The van der Waals surface area contributed by atoms with Crippen LogP contribution in [-0.2, 0) is 0 Å². The topological polar surface area (TPSA) is 71.3 Å². The van der Waals surface area contributed by atoms with Gasteiger partial charge in [-0.3, -0.25) is 9.69 Å². The Morgan fingerprint density at radius 3 is 2.58 bits per heavy atom. The van der Waals surface area contributed by atoms with Gasteiger partial charge in [0.2, 0.25) is 5.89 Å². The number of piperidine rings is 1. The summed E-state index contributed by atoms with van der Waals surface area (Å²) in [4.78, 5) is 18.7. The Hall–Kier alpha value is -2.28. The van der Waals surface area contributed by atoms with Gasteiger partial charge in [-0.1, -0.05) is 5.16 Å². The van der Waals surface area contributed by atoms with Gasteiger partial charge in [-0.05, 0) is 51.0 Å². The smallest absolute Gasteiger partial charge is 0.251 e. The van der Waals surface area contributed by atoms with Crippen molar-refractivity contribution in [1.82, 2.24) is 20.4 Å². The highest BCUT2D eigenvalue weighted by atomic mass is 19.1. The lowest BCUT2D eigenvalue weighted by atomic mass is 10.0. The molecule has 1 amide bonds. The second-order valence-corrected chi connectivity index (χ2v) is 6.15. The Morgan fingerprint density at radius 1 is 1.33 bits per heavy atom. The van der Waals surface area contributed by atoms with Crippen LogP contribution in [0.2, 0.25) is 0 Å². The molecule has 0 spiro atoms. The summed E-state index contributed by atoms with van der Waals surface area (Å²) in [6.07, 6.45) is 1.70. The second-order valence-electron chi connectivity index (χ2n) is 6.15. The number of carbonyl (C=O) groups is 1. The maximum absolute atomic E-state index is 12.9. The first-order valence-corrected chi connectivity index (χ1v) is 8.13. The third-order valence-corrected chi connectivity index (χ3v) is 4.42. The molecule has 128 valence electrons. The number of amides is 1. The van der Waals surface area contributed by atoms with Crippen molar-refractivity contribution in [1.29, 1.82) is 0 Å². The summed E-state index contributed by atoms with van der Waals surface area (Å²) < 4.78 is 18.1. The molecule has 0 aliphatic carbocycles. The van der Waals surface area contributed by atoms with Crippen LogP contribution in [0.15, 0.2) is 28.8 Å². The lowest BCUT2D eigenvalue weighted by molar-refractivity contribution is 0.0881. The molecule has 0 radical (unpaired) electrons. The van der Waals surface area contributed by atoms with Gasteiger partial charge in [0.05, 0.1) is 6.04 Å². The van der Waals surface area contributed by atoms with Gasteiger partial charge in [-0.25, -0.2) is 4.39 Å². The first-order valence-electron chi connectivity index (χ1n) is 8.13. The fourth-order valence-electron chi connectivity index (χ4n) is 2.94. The van der Waals surface area contributed by atoms with Crippen molar-refractivity contribution in [3.8, 4) is 0 Å². The van der Waals surface area contributed by atoms with Crippen molar-refractivity contribution < 1.29 is 13.7 Å². The van der Waals surface area contributed by atoms with Crippen molar-refractivity contribution in [2.75, 3.05) is 13.1 Å². The number of aryl methyl sites for hydroxylation is 1. The number of rotatable bonds is 4. The number of carbonyl (C=O) groups excluding carboxylic acids is 1. The molecule has 1 atom stereocenters. The van der Waals surface area contributed by atoms with Crippen LogP contribution in [0.1, 0.15) is 47.9 Å². The van der Waals surface area contributed by atoms with Crippen LogP contribution < -0.4 is 5.32 Å². The lowest BCUT2D eigenvalue weighted by Gasteiger charge is -2.34. The highest BCUT2D eigenvalue weighted by Gasteiger charge is 2.27. The van der Waals surface area contributed by atoms with Crippen LogP contribution in [0.5, 0.6) is 0 Å². The monoisotopic (exact) mass is 332 g/mol. The van der Waals surface area contributed by atoms with Crippen LogP contribution >= 0.6 is 0 Å². The zero-order chi connectivity index (χ0) is 17.1. The third kappa shape index (κ3) is 3.79. The van der Waals surface area contributed by atoms with Gasteiger partial charge < -0.3 is 9.84 Å². The van der Waals surface area contributed by atoms with E-state index in [2.05, 4.69) is 20.4 Å². The predicted molar refractivity (Wildman–Crippen MR) is 85.9 cm³/mol. The molecule has 1 aliphatic rings. The van der Waals surface area contributed by atoms with Crippen molar-refractivity contribution in [2.45, 2.75) is 38.8 Å². The molecule has 1 fully saturated rings. The Balaban J connectivity index is 1.51. The maximum Gasteiger partial charge on any atom is 0.251 e. The van der Waals surface area contributed by atoms with Crippen LogP contribution in [0.25, 0.3) is 0 Å². The van der Waals surface area contributed by atoms with E-state index in [0.29, 0.717) is 17.3 Å². The van der Waals surface area contributed by atoms with E-state index in [1.54, 1.807) is 6.92 Å². The number of nitrogens with zero attached hydrogens (tertiary/aromatic N) is 3. The van der Waals surface area contributed by atoms with Gasteiger partial charge in [-0.2, -0.15) is 4.98 Å². The number of nitrogens with one attached hydrogen (secondary N) is 1. The molecule has 1 aromatic carbocycles. The number of aromatic nitrogens is 2. The molecule has 1 aromatic heterocycles. The average molecular weight is 332 g/mol. The molecule has 24 heavy (non-hydrogen) atoms. The van der Waals surface area contributed by atoms with Crippen molar-refractivity contribution >= 4 is 5.91 Å². The molecule has 1 N–H and O–H groups in total. The Morgan fingerprint density at radius 2 is 2.00 bits per heavy atom. The molecule has 1 saturated heterocycles. The first-order chi connectivity index (χ1) is 11.5. The van der Waals surface area contributed by atoms with Gasteiger partial charge in [0.1, 0.15) is 5.82 Å². The molecule has 6 nitrogen and oxygen atoms in total. The van der Waals surface area contributed by atoms with Crippen molar-refractivity contribution in [3.63, 3.8) is 0 Å². The molecular weight excluding hydrogens is 311 g/mol. The zero-order valence-electron chi connectivity index (χ0n) is 13.8. The summed E-state index contributed by atoms with van der Waals surface area (Å²) in [5.74, 6) is 0.763. The molecule has 0 bridgehead atoms. The quantitative estimate of drug-likeness (QED) is 0.931. The van der Waals surface area contributed by atoms with E-state index in [4.69, 9.17) is 4.52 Å². The third-order valence-electron chi connectivity index (χ3n) is 4.42. The molecular formula is C17H21FN4O2. The van der Waals surface area contributed by atoms with E-state index >= 15 is 0 Å². The summed E-state index contributed by atoms with van der Waals surface area (Å²) in [7, 11) is 0. The molecule has 3 rings (SSSR count). The molecule has 1 aliphatic heterocycles. The molecule has 7 heteroatoms. The lowest BCUT2D eigenvalue weighted by Crippen LogP contribution is -2.45. The summed E-state index contributed by atoms with van der Waals surface area (Å²) >= 11 is 0. The van der Waals surface area contributed by atoms with Gasteiger partial charge in [-0.15, -0.1) is 0 Å². The predicted octanol–water partition coefficient (Wildman–Crippen LogP) is 2.47. The minimum absolute atomic E-state index is 0.0694. The number of halogens is 1. The summed E-state index contributed by atoms with van der Waals surface area (Å²) in [6, 6.07) is 5.78. The Labute approximate surface area is 140 Å².